The van der Waals surface area contributed by atoms with Gasteiger partial charge in [0.2, 0.25) is 0 Å². The van der Waals surface area contributed by atoms with Gasteiger partial charge in [-0.25, -0.2) is 0 Å². The van der Waals surface area contributed by atoms with E-state index in [0.29, 0.717) is 32.8 Å². The molecule has 0 radical (unpaired) electrons. The van der Waals surface area contributed by atoms with Gasteiger partial charge < -0.3 is 19.7 Å². The molecule has 0 aromatic carbocycles. The third-order valence-electron chi connectivity index (χ3n) is 1.83. The van der Waals surface area contributed by atoms with Gasteiger partial charge in [0.1, 0.15) is 19.6 Å². The normalized spacial score (nSPS) is 24.1. The number of hydroxylamine groups is 3. The largest absolute Gasteiger partial charge is 0.632 e. The van der Waals surface area contributed by atoms with E-state index in [9.17, 15) is 5.21 Å². The highest BCUT2D eigenvalue weighted by Crippen LogP contribution is 2.08. The maximum Gasteiger partial charge on any atom is 0.102 e. The van der Waals surface area contributed by atoms with Crippen molar-refractivity contribution in [3.63, 3.8) is 0 Å². The Labute approximate surface area is 65.9 Å². The second kappa shape index (κ2) is 3.71. The Morgan fingerprint density at radius 1 is 1.45 bits per heavy atom. The predicted octanol–water partition coefficient (Wildman–Crippen LogP) is 0.403. The molecule has 1 N–H and O–H groups in total. The first-order valence-electron chi connectivity index (χ1n) is 3.71. The van der Waals surface area contributed by atoms with Gasteiger partial charge in [0.15, 0.2) is 0 Å². The van der Waals surface area contributed by atoms with Crippen LogP contribution in [-0.4, -0.2) is 42.6 Å². The van der Waals surface area contributed by atoms with Crippen molar-refractivity contribution < 1.29 is 14.5 Å². The number of hydrogen-bond acceptors (Lipinski definition) is 3. The number of aliphatic hydroxyl groups excluding tert-OH is 1. The van der Waals surface area contributed by atoms with Crippen molar-refractivity contribution in [3.8, 4) is 0 Å². The first-order valence-corrected chi connectivity index (χ1v) is 3.71. The average molecular weight is 159 g/mol. The van der Waals surface area contributed by atoms with Crippen LogP contribution in [0.2, 0.25) is 0 Å². The number of hydrogen-bond donors (Lipinski definition) is 1. The second-order valence-electron chi connectivity index (χ2n) is 2.69. The summed E-state index contributed by atoms with van der Waals surface area (Å²) < 4.78 is 4.78. The number of nitrogens with zero attached hydrogens (tertiary/aromatic N) is 1. The fraction of sp³-hybridized carbons (Fsp3) is 0.714. The zero-order valence-corrected chi connectivity index (χ0v) is 6.40. The SMILES string of the molecule is [O-][N+]1(CC=CO)CCOCC1. The molecule has 1 fully saturated rings. The summed E-state index contributed by atoms with van der Waals surface area (Å²) in [5.74, 6) is 0. The fourth-order valence-electron chi connectivity index (χ4n) is 1.10. The molecule has 0 unspecified atom stereocenters. The summed E-state index contributed by atoms with van der Waals surface area (Å²) >= 11 is 0. The van der Waals surface area contributed by atoms with E-state index in [0.717, 1.165) is 6.26 Å². The highest BCUT2D eigenvalue weighted by Gasteiger charge is 2.18. The summed E-state index contributed by atoms with van der Waals surface area (Å²) in [5.41, 5.74) is 0. The summed E-state index contributed by atoms with van der Waals surface area (Å²) in [6, 6.07) is 0. The summed E-state index contributed by atoms with van der Waals surface area (Å²) in [6.07, 6.45) is 2.41. The summed E-state index contributed by atoms with van der Waals surface area (Å²) in [5, 5.41) is 19.9. The number of morpholine rings is 1. The molecular weight excluding hydrogens is 146 g/mol. The van der Waals surface area contributed by atoms with Crippen LogP contribution >= 0.6 is 0 Å². The van der Waals surface area contributed by atoms with E-state index in [1.165, 1.54) is 6.08 Å². The standard InChI is InChI=1S/C7H13NO3/c9-5-1-2-8(10)3-6-11-7-4-8/h1,5,9H,2-4,6-7H2. The van der Waals surface area contributed by atoms with Gasteiger partial charge in [0, 0.05) is 6.08 Å². The zero-order chi connectivity index (χ0) is 8.16. The van der Waals surface area contributed by atoms with Gasteiger partial charge in [-0.2, -0.15) is 0 Å². The van der Waals surface area contributed by atoms with Crippen LogP contribution in [0, 0.1) is 5.21 Å². The lowest BCUT2D eigenvalue weighted by Crippen LogP contribution is -2.50. The lowest BCUT2D eigenvalue weighted by molar-refractivity contribution is -0.882. The van der Waals surface area contributed by atoms with E-state index in [4.69, 9.17) is 9.84 Å². The Balaban J connectivity index is 2.37. The van der Waals surface area contributed by atoms with Gasteiger partial charge in [0.25, 0.3) is 0 Å². The molecule has 0 aliphatic carbocycles. The van der Waals surface area contributed by atoms with Crippen molar-refractivity contribution in [1.82, 2.24) is 0 Å². The summed E-state index contributed by atoms with van der Waals surface area (Å²) in [7, 11) is 0. The minimum Gasteiger partial charge on any atom is -0.632 e. The number of quaternary nitrogens is 1. The lowest BCUT2D eigenvalue weighted by Gasteiger charge is -2.44. The van der Waals surface area contributed by atoms with Crippen molar-refractivity contribution in [2.24, 2.45) is 0 Å². The van der Waals surface area contributed by atoms with Gasteiger partial charge in [-0.1, -0.05) is 0 Å². The fourth-order valence-corrected chi connectivity index (χ4v) is 1.10. The monoisotopic (exact) mass is 159 g/mol. The first-order chi connectivity index (χ1) is 5.27. The molecule has 1 heterocycles. The van der Waals surface area contributed by atoms with Crippen molar-refractivity contribution in [2.45, 2.75) is 0 Å². The summed E-state index contributed by atoms with van der Waals surface area (Å²) in [6.45, 7) is 2.39. The van der Waals surface area contributed by atoms with Crippen molar-refractivity contribution >= 4 is 0 Å². The molecule has 1 aliphatic heterocycles. The molecule has 64 valence electrons. The molecular formula is C7H13NO3. The smallest absolute Gasteiger partial charge is 0.102 e. The van der Waals surface area contributed by atoms with E-state index in [-0.39, 0.29) is 4.65 Å². The third kappa shape index (κ3) is 2.49. The highest BCUT2D eigenvalue weighted by molar-refractivity contribution is 4.72. The average Bonchev–Trinajstić information content (AvgIpc) is 2.03. The maximum atomic E-state index is 11.6. The first kappa shape index (κ1) is 8.52. The van der Waals surface area contributed by atoms with Crippen molar-refractivity contribution in [2.75, 3.05) is 32.8 Å². The molecule has 0 atom stereocenters. The Hall–Kier alpha value is -0.580. The Kier molecular flexibility index (Phi) is 2.87. The molecule has 4 nitrogen and oxygen atoms in total. The molecule has 0 spiro atoms. The quantitative estimate of drug-likeness (QED) is 0.360. The molecule has 4 heteroatoms. The molecule has 11 heavy (non-hydrogen) atoms. The molecule has 0 aromatic rings. The van der Waals surface area contributed by atoms with Gasteiger partial charge >= 0.3 is 0 Å². The number of aliphatic hydroxyl groups is 1. The van der Waals surface area contributed by atoms with Crippen molar-refractivity contribution in [3.05, 3.63) is 17.5 Å². The van der Waals surface area contributed by atoms with E-state index in [2.05, 4.69) is 0 Å². The molecule has 1 saturated heterocycles. The minimum absolute atomic E-state index is 0.267. The van der Waals surface area contributed by atoms with Gasteiger partial charge in [-0.3, -0.25) is 0 Å². The van der Waals surface area contributed by atoms with Gasteiger partial charge in [0.05, 0.1) is 19.5 Å². The van der Waals surface area contributed by atoms with Crippen LogP contribution < -0.4 is 0 Å². The van der Waals surface area contributed by atoms with E-state index >= 15 is 0 Å². The molecule has 0 aromatic heterocycles. The van der Waals surface area contributed by atoms with E-state index in [1.807, 2.05) is 0 Å². The van der Waals surface area contributed by atoms with Crippen LogP contribution in [0.5, 0.6) is 0 Å². The zero-order valence-electron chi connectivity index (χ0n) is 6.40. The van der Waals surface area contributed by atoms with Crippen LogP contribution in [0.25, 0.3) is 0 Å². The van der Waals surface area contributed by atoms with Crippen LogP contribution in [0.3, 0.4) is 0 Å². The Morgan fingerprint density at radius 3 is 2.64 bits per heavy atom. The lowest BCUT2D eigenvalue weighted by atomic mass is 10.4. The maximum absolute atomic E-state index is 11.6. The van der Waals surface area contributed by atoms with E-state index in [1.54, 1.807) is 0 Å². The van der Waals surface area contributed by atoms with Crippen LogP contribution in [0.15, 0.2) is 12.3 Å². The second-order valence-corrected chi connectivity index (χ2v) is 2.69. The summed E-state index contributed by atoms with van der Waals surface area (Å²) in [4.78, 5) is 0. The molecule has 0 bridgehead atoms. The topological polar surface area (TPSA) is 52.5 Å². The molecule has 0 saturated carbocycles. The minimum atomic E-state index is -0.267. The number of ether oxygens (including phenoxy) is 1. The Bertz CT molecular complexity index is 141. The Morgan fingerprint density at radius 2 is 2.09 bits per heavy atom. The highest BCUT2D eigenvalue weighted by atomic mass is 16.6. The van der Waals surface area contributed by atoms with Gasteiger partial charge in [-0.15, -0.1) is 0 Å². The van der Waals surface area contributed by atoms with Crippen molar-refractivity contribution in [1.29, 1.82) is 0 Å². The van der Waals surface area contributed by atoms with E-state index < -0.39 is 0 Å². The number of rotatable bonds is 2. The van der Waals surface area contributed by atoms with Crippen LogP contribution in [-0.2, 0) is 4.74 Å². The predicted molar refractivity (Wildman–Crippen MR) is 40.8 cm³/mol. The molecule has 1 rings (SSSR count). The third-order valence-corrected chi connectivity index (χ3v) is 1.83. The molecule has 0 amide bonds. The van der Waals surface area contributed by atoms with Gasteiger partial charge in [-0.05, 0) is 0 Å². The molecule has 1 aliphatic rings. The van der Waals surface area contributed by atoms with Crippen LogP contribution in [0.4, 0.5) is 0 Å². The van der Waals surface area contributed by atoms with Crippen LogP contribution in [0.1, 0.15) is 0 Å².